The Hall–Kier alpha value is -2.08. The summed E-state index contributed by atoms with van der Waals surface area (Å²) in [7, 11) is 4.79. The molecule has 0 bridgehead atoms. The number of ether oxygens (including phenoxy) is 2. The van der Waals surface area contributed by atoms with E-state index in [2.05, 4.69) is 0 Å². The van der Waals surface area contributed by atoms with Crippen molar-refractivity contribution in [1.29, 1.82) is 0 Å². The van der Waals surface area contributed by atoms with Gasteiger partial charge in [-0.2, -0.15) is 0 Å². The Labute approximate surface area is 117 Å². The van der Waals surface area contributed by atoms with Crippen LogP contribution in [0.4, 0.5) is 5.69 Å². The number of carbonyl (C=O) groups is 2. The SMILES string of the molecule is COCC(=O)N1CC(C(=O)N(C)C)Oc2ccccc21. The van der Waals surface area contributed by atoms with Crippen molar-refractivity contribution >= 4 is 17.5 Å². The lowest BCUT2D eigenvalue weighted by Crippen LogP contribution is -2.51. The molecule has 1 heterocycles. The van der Waals surface area contributed by atoms with Crippen LogP contribution in [0.3, 0.4) is 0 Å². The van der Waals surface area contributed by atoms with Crippen LogP contribution in [-0.4, -0.2) is 57.2 Å². The number of benzene rings is 1. The van der Waals surface area contributed by atoms with Crippen molar-refractivity contribution in [3.05, 3.63) is 24.3 Å². The Balaban J connectivity index is 2.31. The predicted octanol–water partition coefficient (Wildman–Crippen LogP) is 0.515. The maximum atomic E-state index is 12.1. The molecular formula is C14H18N2O4. The minimum absolute atomic E-state index is 0.0305. The quantitative estimate of drug-likeness (QED) is 0.808. The van der Waals surface area contributed by atoms with Crippen molar-refractivity contribution in [3.8, 4) is 5.75 Å². The molecule has 1 aromatic carbocycles. The summed E-state index contributed by atoms with van der Waals surface area (Å²) in [6.45, 7) is 0.160. The van der Waals surface area contributed by atoms with Gasteiger partial charge in [0.15, 0.2) is 6.10 Å². The van der Waals surface area contributed by atoms with E-state index >= 15 is 0 Å². The summed E-state index contributed by atoms with van der Waals surface area (Å²) in [5.41, 5.74) is 0.664. The highest BCUT2D eigenvalue weighted by Gasteiger charge is 2.34. The average molecular weight is 278 g/mol. The minimum atomic E-state index is -0.694. The monoisotopic (exact) mass is 278 g/mol. The molecule has 1 atom stereocenters. The van der Waals surface area contributed by atoms with Gasteiger partial charge in [0.05, 0.1) is 12.2 Å². The summed E-state index contributed by atoms with van der Waals surface area (Å²) in [5.74, 6) is 0.165. The zero-order valence-corrected chi connectivity index (χ0v) is 11.8. The third-order valence-electron chi connectivity index (χ3n) is 3.06. The molecule has 1 aliphatic rings. The number of nitrogens with zero attached hydrogens (tertiary/aromatic N) is 2. The first-order chi connectivity index (χ1) is 9.54. The number of anilines is 1. The lowest BCUT2D eigenvalue weighted by Gasteiger charge is -2.35. The van der Waals surface area contributed by atoms with E-state index in [0.29, 0.717) is 11.4 Å². The molecule has 2 amide bonds. The van der Waals surface area contributed by atoms with Crippen molar-refractivity contribution in [2.24, 2.45) is 0 Å². The van der Waals surface area contributed by atoms with E-state index < -0.39 is 6.10 Å². The van der Waals surface area contributed by atoms with Gasteiger partial charge in [-0.25, -0.2) is 0 Å². The number of carbonyl (C=O) groups excluding carboxylic acids is 2. The molecule has 0 aromatic heterocycles. The van der Waals surface area contributed by atoms with E-state index in [0.717, 1.165) is 0 Å². The van der Waals surface area contributed by atoms with Crippen LogP contribution in [0.2, 0.25) is 0 Å². The van der Waals surface area contributed by atoms with Gasteiger partial charge >= 0.3 is 0 Å². The van der Waals surface area contributed by atoms with Gasteiger partial charge in [-0.1, -0.05) is 12.1 Å². The highest BCUT2D eigenvalue weighted by molar-refractivity contribution is 5.97. The topological polar surface area (TPSA) is 59.1 Å². The number of hydrogen-bond acceptors (Lipinski definition) is 4. The molecular weight excluding hydrogens is 260 g/mol. The van der Waals surface area contributed by atoms with Crippen LogP contribution in [0.5, 0.6) is 5.75 Å². The van der Waals surface area contributed by atoms with E-state index in [9.17, 15) is 9.59 Å². The number of hydrogen-bond donors (Lipinski definition) is 0. The van der Waals surface area contributed by atoms with Crippen LogP contribution in [0.15, 0.2) is 24.3 Å². The first kappa shape index (κ1) is 14.3. The number of amides is 2. The van der Waals surface area contributed by atoms with Gasteiger partial charge in [0.1, 0.15) is 12.4 Å². The van der Waals surface area contributed by atoms with Crippen LogP contribution in [0.1, 0.15) is 0 Å². The average Bonchev–Trinajstić information content (AvgIpc) is 2.45. The van der Waals surface area contributed by atoms with Gasteiger partial charge in [0, 0.05) is 21.2 Å². The van der Waals surface area contributed by atoms with Crippen LogP contribution in [0, 0.1) is 0 Å². The first-order valence-electron chi connectivity index (χ1n) is 6.30. The summed E-state index contributed by atoms with van der Waals surface area (Å²) in [6, 6.07) is 7.17. The molecule has 0 fully saturated rings. The zero-order valence-electron chi connectivity index (χ0n) is 11.8. The van der Waals surface area contributed by atoms with Crippen molar-refractivity contribution < 1.29 is 19.1 Å². The number of likely N-dealkylation sites (N-methyl/N-ethyl adjacent to an activating group) is 1. The molecule has 1 aliphatic heterocycles. The minimum Gasteiger partial charge on any atom is -0.476 e. The fourth-order valence-corrected chi connectivity index (χ4v) is 2.09. The Morgan fingerprint density at radius 2 is 2.10 bits per heavy atom. The molecule has 1 unspecified atom stereocenters. The van der Waals surface area contributed by atoms with E-state index in [4.69, 9.17) is 9.47 Å². The molecule has 0 saturated carbocycles. The molecule has 1 aromatic rings. The molecule has 0 radical (unpaired) electrons. The molecule has 0 saturated heterocycles. The lowest BCUT2D eigenvalue weighted by atomic mass is 10.1. The molecule has 0 aliphatic carbocycles. The molecule has 108 valence electrons. The third kappa shape index (κ3) is 2.75. The molecule has 6 heteroatoms. The summed E-state index contributed by atoms with van der Waals surface area (Å²) in [6.07, 6.45) is -0.694. The van der Waals surface area contributed by atoms with Gasteiger partial charge in [0.25, 0.3) is 11.8 Å². The molecule has 0 N–H and O–H groups in total. The van der Waals surface area contributed by atoms with E-state index in [1.54, 1.807) is 32.3 Å². The molecule has 0 spiro atoms. The highest BCUT2D eigenvalue weighted by Crippen LogP contribution is 2.33. The largest absolute Gasteiger partial charge is 0.476 e. The predicted molar refractivity (Wildman–Crippen MR) is 73.8 cm³/mol. The number of fused-ring (bicyclic) bond motifs is 1. The summed E-state index contributed by atoms with van der Waals surface area (Å²) in [4.78, 5) is 27.2. The molecule has 2 rings (SSSR count). The fraction of sp³-hybridized carbons (Fsp3) is 0.429. The maximum Gasteiger partial charge on any atom is 0.265 e. The Morgan fingerprint density at radius 1 is 1.40 bits per heavy atom. The van der Waals surface area contributed by atoms with E-state index in [1.165, 1.54) is 16.9 Å². The lowest BCUT2D eigenvalue weighted by molar-refractivity contribution is -0.136. The standard InChI is InChI=1S/C14H18N2O4/c1-15(2)14(18)12-8-16(13(17)9-19-3)10-6-4-5-7-11(10)20-12/h4-7,12H,8-9H2,1-3H3. The second kappa shape index (κ2) is 5.92. The van der Waals surface area contributed by atoms with Crippen LogP contribution >= 0.6 is 0 Å². The smallest absolute Gasteiger partial charge is 0.265 e. The van der Waals surface area contributed by atoms with Crippen molar-refractivity contribution in [2.45, 2.75) is 6.10 Å². The van der Waals surface area contributed by atoms with Gasteiger partial charge in [-0.15, -0.1) is 0 Å². The molecule has 20 heavy (non-hydrogen) atoms. The second-order valence-electron chi connectivity index (χ2n) is 4.74. The fourth-order valence-electron chi connectivity index (χ4n) is 2.09. The van der Waals surface area contributed by atoms with E-state index in [1.807, 2.05) is 6.07 Å². The van der Waals surface area contributed by atoms with Crippen molar-refractivity contribution in [3.63, 3.8) is 0 Å². The summed E-state index contributed by atoms with van der Waals surface area (Å²) >= 11 is 0. The molecule has 6 nitrogen and oxygen atoms in total. The van der Waals surface area contributed by atoms with Gasteiger partial charge < -0.3 is 19.3 Å². The number of methoxy groups -OCH3 is 1. The first-order valence-corrected chi connectivity index (χ1v) is 6.30. The summed E-state index contributed by atoms with van der Waals surface area (Å²) in [5, 5.41) is 0. The normalized spacial score (nSPS) is 17.1. The maximum absolute atomic E-state index is 12.1. The Kier molecular flexibility index (Phi) is 4.24. The number of rotatable bonds is 3. The van der Waals surface area contributed by atoms with Crippen LogP contribution in [-0.2, 0) is 14.3 Å². The van der Waals surface area contributed by atoms with Gasteiger partial charge in [-0.3, -0.25) is 9.59 Å². The third-order valence-corrected chi connectivity index (χ3v) is 3.06. The van der Waals surface area contributed by atoms with Crippen molar-refractivity contribution in [2.75, 3.05) is 39.3 Å². The number of para-hydroxylation sites is 2. The second-order valence-corrected chi connectivity index (χ2v) is 4.74. The van der Waals surface area contributed by atoms with Gasteiger partial charge in [-0.05, 0) is 12.1 Å². The summed E-state index contributed by atoms with van der Waals surface area (Å²) < 4.78 is 10.6. The zero-order chi connectivity index (χ0) is 14.7. The van der Waals surface area contributed by atoms with E-state index in [-0.39, 0.29) is 25.0 Å². The van der Waals surface area contributed by atoms with Gasteiger partial charge in [0.2, 0.25) is 0 Å². The van der Waals surface area contributed by atoms with Crippen LogP contribution < -0.4 is 9.64 Å². The highest BCUT2D eigenvalue weighted by atomic mass is 16.5. The Bertz CT molecular complexity index is 516. The van der Waals surface area contributed by atoms with Crippen molar-refractivity contribution in [1.82, 2.24) is 4.90 Å². The Morgan fingerprint density at radius 3 is 2.75 bits per heavy atom. The van der Waals surface area contributed by atoms with Crippen LogP contribution in [0.25, 0.3) is 0 Å².